The van der Waals surface area contributed by atoms with Crippen molar-refractivity contribution in [1.82, 2.24) is 5.32 Å². The van der Waals surface area contributed by atoms with E-state index in [1.54, 1.807) is 0 Å². The molecule has 0 saturated heterocycles. The molecule has 4 heteroatoms. The second-order valence-corrected chi connectivity index (χ2v) is 7.84. The number of aryl methyl sites for hydroxylation is 1. The average molecular weight is 401 g/mol. The Balaban J connectivity index is 1.83. The van der Waals surface area contributed by atoms with Crippen LogP contribution in [0.2, 0.25) is 0 Å². The van der Waals surface area contributed by atoms with Crippen molar-refractivity contribution in [2.75, 3.05) is 5.32 Å². The van der Waals surface area contributed by atoms with Gasteiger partial charge in [-0.15, -0.1) is 0 Å². The standard InChI is InChI=1S/C26H28N2O2/c1-18(2)24(26(30)27-22-16-10-11-19(3)17-22)28-25(29)23(20-12-6-4-7-13-20)21-14-8-5-9-15-21/h4-18,23-24H,1-3H3,(H,27,30)(H,28,29)/t24-/m1/s1. The summed E-state index contributed by atoms with van der Waals surface area (Å²) in [5.41, 5.74) is 3.57. The summed E-state index contributed by atoms with van der Waals surface area (Å²) >= 11 is 0. The smallest absolute Gasteiger partial charge is 0.247 e. The Morgan fingerprint density at radius 1 is 0.733 bits per heavy atom. The number of carbonyl (C=O) groups excluding carboxylic acids is 2. The number of amides is 2. The molecule has 3 rings (SSSR count). The molecule has 3 aromatic carbocycles. The highest BCUT2D eigenvalue weighted by Gasteiger charge is 2.29. The normalized spacial score (nSPS) is 11.9. The molecule has 0 aromatic heterocycles. The predicted octanol–water partition coefficient (Wildman–Crippen LogP) is 4.91. The van der Waals surface area contributed by atoms with Gasteiger partial charge in [-0.25, -0.2) is 0 Å². The minimum absolute atomic E-state index is 0.0639. The van der Waals surface area contributed by atoms with Crippen molar-refractivity contribution in [1.29, 1.82) is 0 Å². The van der Waals surface area contributed by atoms with E-state index in [1.165, 1.54) is 0 Å². The van der Waals surface area contributed by atoms with Gasteiger partial charge in [-0.05, 0) is 41.7 Å². The van der Waals surface area contributed by atoms with Crippen LogP contribution < -0.4 is 10.6 Å². The first-order valence-electron chi connectivity index (χ1n) is 10.2. The molecular formula is C26H28N2O2. The Kier molecular flexibility index (Phi) is 7.02. The Morgan fingerprint density at radius 2 is 1.30 bits per heavy atom. The summed E-state index contributed by atoms with van der Waals surface area (Å²) in [5, 5.41) is 5.93. The molecular weight excluding hydrogens is 372 g/mol. The van der Waals surface area contributed by atoms with Gasteiger partial charge in [0.2, 0.25) is 11.8 Å². The lowest BCUT2D eigenvalue weighted by Gasteiger charge is -2.25. The molecule has 1 atom stereocenters. The van der Waals surface area contributed by atoms with Gasteiger partial charge >= 0.3 is 0 Å². The van der Waals surface area contributed by atoms with Gasteiger partial charge in [0.1, 0.15) is 6.04 Å². The zero-order valence-electron chi connectivity index (χ0n) is 17.6. The van der Waals surface area contributed by atoms with Crippen LogP contribution in [0.5, 0.6) is 0 Å². The maximum Gasteiger partial charge on any atom is 0.247 e. The van der Waals surface area contributed by atoms with Gasteiger partial charge in [-0.3, -0.25) is 9.59 Å². The van der Waals surface area contributed by atoms with Crippen molar-refractivity contribution in [3.05, 3.63) is 102 Å². The molecule has 0 heterocycles. The fourth-order valence-corrected chi connectivity index (χ4v) is 3.50. The summed E-state index contributed by atoms with van der Waals surface area (Å²) < 4.78 is 0. The molecule has 0 saturated carbocycles. The minimum atomic E-state index is -0.645. The highest BCUT2D eigenvalue weighted by Crippen LogP contribution is 2.25. The number of benzene rings is 3. The summed E-state index contributed by atoms with van der Waals surface area (Å²) in [6.07, 6.45) is 0. The molecule has 2 amide bonds. The number of rotatable bonds is 7. The molecule has 0 aliphatic heterocycles. The predicted molar refractivity (Wildman–Crippen MR) is 121 cm³/mol. The van der Waals surface area contributed by atoms with E-state index in [1.807, 2.05) is 106 Å². The first-order valence-corrected chi connectivity index (χ1v) is 10.2. The maximum atomic E-state index is 13.4. The van der Waals surface area contributed by atoms with Gasteiger partial charge in [0.15, 0.2) is 0 Å². The second kappa shape index (κ2) is 9.88. The van der Waals surface area contributed by atoms with Crippen LogP contribution in [0.3, 0.4) is 0 Å². The fraction of sp³-hybridized carbons (Fsp3) is 0.231. The summed E-state index contributed by atoms with van der Waals surface area (Å²) in [7, 11) is 0. The SMILES string of the molecule is Cc1cccc(NC(=O)[C@H](NC(=O)C(c2ccccc2)c2ccccc2)C(C)C)c1. The summed E-state index contributed by atoms with van der Waals surface area (Å²) in [5.74, 6) is -0.958. The van der Waals surface area contributed by atoms with Crippen LogP contribution >= 0.6 is 0 Å². The lowest BCUT2D eigenvalue weighted by molar-refractivity contribution is -0.127. The third-order valence-corrected chi connectivity index (χ3v) is 5.06. The van der Waals surface area contributed by atoms with Gasteiger partial charge in [0.25, 0.3) is 0 Å². The van der Waals surface area contributed by atoms with E-state index in [0.717, 1.165) is 22.4 Å². The van der Waals surface area contributed by atoms with Crippen molar-refractivity contribution >= 4 is 17.5 Å². The Hall–Kier alpha value is -3.40. The van der Waals surface area contributed by atoms with E-state index in [4.69, 9.17) is 0 Å². The zero-order valence-corrected chi connectivity index (χ0v) is 17.6. The number of nitrogens with one attached hydrogen (secondary N) is 2. The van der Waals surface area contributed by atoms with E-state index < -0.39 is 12.0 Å². The van der Waals surface area contributed by atoms with Crippen LogP contribution in [0.25, 0.3) is 0 Å². The number of hydrogen-bond acceptors (Lipinski definition) is 2. The summed E-state index contributed by atoms with van der Waals surface area (Å²) in [4.78, 5) is 26.3. The van der Waals surface area contributed by atoms with Crippen LogP contribution in [-0.4, -0.2) is 17.9 Å². The van der Waals surface area contributed by atoms with E-state index in [-0.39, 0.29) is 17.7 Å². The first-order chi connectivity index (χ1) is 14.5. The van der Waals surface area contributed by atoms with Gasteiger partial charge < -0.3 is 10.6 Å². The molecule has 3 aromatic rings. The van der Waals surface area contributed by atoms with Crippen LogP contribution in [0.1, 0.15) is 36.5 Å². The minimum Gasteiger partial charge on any atom is -0.343 e. The molecule has 154 valence electrons. The van der Waals surface area contributed by atoms with Crippen LogP contribution in [0.4, 0.5) is 5.69 Å². The van der Waals surface area contributed by atoms with E-state index in [2.05, 4.69) is 10.6 Å². The van der Waals surface area contributed by atoms with E-state index >= 15 is 0 Å². The first kappa shape index (κ1) is 21.3. The van der Waals surface area contributed by atoms with Crippen molar-refractivity contribution in [3.63, 3.8) is 0 Å². The molecule has 0 unspecified atom stereocenters. The Labute approximate surface area is 178 Å². The summed E-state index contributed by atoms with van der Waals surface area (Å²) in [6, 6.07) is 26.3. The van der Waals surface area contributed by atoms with Crippen molar-refractivity contribution in [2.24, 2.45) is 5.92 Å². The van der Waals surface area contributed by atoms with Crippen molar-refractivity contribution in [3.8, 4) is 0 Å². The lowest BCUT2D eigenvalue weighted by atomic mass is 9.89. The van der Waals surface area contributed by atoms with Gasteiger partial charge in [-0.1, -0.05) is 86.6 Å². The van der Waals surface area contributed by atoms with Gasteiger partial charge in [0, 0.05) is 5.69 Å². The quantitative estimate of drug-likeness (QED) is 0.592. The number of hydrogen-bond donors (Lipinski definition) is 2. The maximum absolute atomic E-state index is 13.4. The van der Waals surface area contributed by atoms with E-state index in [0.29, 0.717) is 0 Å². The van der Waals surface area contributed by atoms with Crippen LogP contribution in [0.15, 0.2) is 84.9 Å². The highest BCUT2D eigenvalue weighted by molar-refractivity contribution is 5.98. The third-order valence-electron chi connectivity index (χ3n) is 5.06. The Bertz CT molecular complexity index is 945. The van der Waals surface area contributed by atoms with Gasteiger partial charge in [-0.2, -0.15) is 0 Å². The highest BCUT2D eigenvalue weighted by atomic mass is 16.2. The molecule has 0 aliphatic carbocycles. The fourth-order valence-electron chi connectivity index (χ4n) is 3.50. The molecule has 0 aliphatic rings. The van der Waals surface area contributed by atoms with E-state index in [9.17, 15) is 9.59 Å². The topological polar surface area (TPSA) is 58.2 Å². The number of carbonyl (C=O) groups is 2. The molecule has 4 nitrogen and oxygen atoms in total. The van der Waals surface area contributed by atoms with Gasteiger partial charge in [0.05, 0.1) is 5.92 Å². The zero-order chi connectivity index (χ0) is 21.5. The average Bonchev–Trinajstić information content (AvgIpc) is 2.73. The van der Waals surface area contributed by atoms with Crippen molar-refractivity contribution in [2.45, 2.75) is 32.7 Å². The van der Waals surface area contributed by atoms with Crippen molar-refractivity contribution < 1.29 is 9.59 Å². The lowest BCUT2D eigenvalue weighted by Crippen LogP contribution is -2.48. The number of anilines is 1. The monoisotopic (exact) mass is 400 g/mol. The molecule has 2 N–H and O–H groups in total. The third kappa shape index (κ3) is 5.35. The molecule has 0 fully saturated rings. The largest absolute Gasteiger partial charge is 0.343 e. The second-order valence-electron chi connectivity index (χ2n) is 7.84. The molecule has 0 spiro atoms. The molecule has 30 heavy (non-hydrogen) atoms. The van der Waals surface area contributed by atoms with Crippen LogP contribution in [0, 0.1) is 12.8 Å². The summed E-state index contributed by atoms with van der Waals surface area (Å²) in [6.45, 7) is 5.84. The molecule has 0 bridgehead atoms. The molecule has 0 radical (unpaired) electrons. The Morgan fingerprint density at radius 3 is 1.80 bits per heavy atom. The van der Waals surface area contributed by atoms with Crippen LogP contribution in [-0.2, 0) is 9.59 Å².